The average molecular weight is 309 g/mol. The van der Waals surface area contributed by atoms with Crippen LogP contribution in [0, 0.1) is 0 Å². The van der Waals surface area contributed by atoms with E-state index in [1.165, 1.54) is 11.3 Å². The average Bonchev–Trinajstić information content (AvgIpc) is 3.12. The van der Waals surface area contributed by atoms with E-state index in [1.807, 2.05) is 28.1 Å². The molecule has 0 atom stereocenters. The summed E-state index contributed by atoms with van der Waals surface area (Å²) in [4.78, 5) is 5.29. The summed E-state index contributed by atoms with van der Waals surface area (Å²) in [6.45, 7) is 0.242. The molecule has 0 bridgehead atoms. The molecular weight excluding hydrogens is 300 g/mol. The molecule has 3 aromatic rings. The first-order valence-corrected chi connectivity index (χ1v) is 7.34. The smallest absolute Gasteiger partial charge is 0.243 e. The third kappa shape index (κ3) is 1.80. The zero-order valence-corrected chi connectivity index (χ0v) is 11.8. The molecule has 2 aromatic heterocycles. The van der Waals surface area contributed by atoms with Crippen LogP contribution < -0.4 is 14.2 Å². The number of thiazole rings is 1. The number of imidazole rings is 1. The second-order valence-corrected chi connectivity index (χ2v) is 5.31. The molecule has 0 radical (unpaired) electrons. The van der Waals surface area contributed by atoms with E-state index in [1.54, 1.807) is 6.07 Å². The highest BCUT2D eigenvalue weighted by molar-refractivity contribution is 7.15. The maximum atomic E-state index is 5.99. The monoisotopic (exact) mass is 308 g/mol. The van der Waals surface area contributed by atoms with Crippen molar-refractivity contribution in [2.75, 3.05) is 6.79 Å². The van der Waals surface area contributed by atoms with Crippen molar-refractivity contribution in [1.82, 2.24) is 9.38 Å². The Labute approximate surface area is 123 Å². The van der Waals surface area contributed by atoms with Crippen molar-refractivity contribution < 1.29 is 14.2 Å². The van der Waals surface area contributed by atoms with Gasteiger partial charge in [-0.1, -0.05) is 0 Å². The predicted octanol–water partition coefficient (Wildman–Crippen LogP) is 3.66. The molecule has 1 aliphatic heterocycles. The molecule has 0 spiro atoms. The molecule has 7 heteroatoms. The number of hydrogen-bond donors (Lipinski definition) is 0. The van der Waals surface area contributed by atoms with Gasteiger partial charge in [0.25, 0.3) is 0 Å². The lowest BCUT2D eigenvalue weighted by atomic mass is 10.3. The van der Waals surface area contributed by atoms with E-state index in [9.17, 15) is 0 Å². The SMILES string of the molecule is ClCc1c(Oc2ccc3c(c2)OCO3)nc2sccn12. The number of halogens is 1. The maximum absolute atomic E-state index is 5.99. The van der Waals surface area contributed by atoms with Gasteiger partial charge in [0.2, 0.25) is 12.7 Å². The van der Waals surface area contributed by atoms with Gasteiger partial charge in [-0.15, -0.1) is 22.9 Å². The number of aromatic nitrogens is 2. The molecular formula is C13H9ClN2O3S. The lowest BCUT2D eigenvalue weighted by Gasteiger charge is -2.05. The summed E-state index contributed by atoms with van der Waals surface area (Å²) in [7, 11) is 0. The van der Waals surface area contributed by atoms with E-state index in [-0.39, 0.29) is 6.79 Å². The van der Waals surface area contributed by atoms with E-state index in [0.29, 0.717) is 23.3 Å². The van der Waals surface area contributed by atoms with E-state index in [0.717, 1.165) is 16.4 Å². The van der Waals surface area contributed by atoms with Gasteiger partial charge in [-0.3, -0.25) is 4.40 Å². The topological polar surface area (TPSA) is 45.0 Å². The Hall–Kier alpha value is -1.92. The van der Waals surface area contributed by atoms with Crippen molar-refractivity contribution >= 4 is 27.9 Å². The Bertz CT molecular complexity index is 783. The van der Waals surface area contributed by atoms with Gasteiger partial charge < -0.3 is 14.2 Å². The summed E-state index contributed by atoms with van der Waals surface area (Å²) in [6.07, 6.45) is 1.93. The van der Waals surface area contributed by atoms with E-state index >= 15 is 0 Å². The summed E-state index contributed by atoms with van der Waals surface area (Å²) in [5, 5.41) is 1.96. The molecule has 0 amide bonds. The van der Waals surface area contributed by atoms with Gasteiger partial charge in [-0.25, -0.2) is 0 Å². The molecule has 1 aliphatic rings. The van der Waals surface area contributed by atoms with Gasteiger partial charge in [-0.2, -0.15) is 4.98 Å². The summed E-state index contributed by atoms with van der Waals surface area (Å²) < 4.78 is 18.3. The van der Waals surface area contributed by atoms with Crippen molar-refractivity contribution in [3.05, 3.63) is 35.5 Å². The minimum absolute atomic E-state index is 0.242. The number of nitrogens with zero attached hydrogens (tertiary/aromatic N) is 2. The summed E-state index contributed by atoms with van der Waals surface area (Å²) >= 11 is 7.53. The van der Waals surface area contributed by atoms with Crippen LogP contribution in [0.15, 0.2) is 29.8 Å². The molecule has 0 N–H and O–H groups in total. The molecule has 4 rings (SSSR count). The van der Waals surface area contributed by atoms with Crippen LogP contribution in [0.5, 0.6) is 23.1 Å². The minimum atomic E-state index is 0.242. The molecule has 0 aliphatic carbocycles. The third-order valence-corrected chi connectivity index (χ3v) is 4.02. The predicted molar refractivity (Wildman–Crippen MR) is 75.3 cm³/mol. The zero-order chi connectivity index (χ0) is 13.5. The molecule has 0 unspecified atom stereocenters. The lowest BCUT2D eigenvalue weighted by Crippen LogP contribution is -1.93. The second kappa shape index (κ2) is 4.57. The van der Waals surface area contributed by atoms with Gasteiger partial charge in [0, 0.05) is 17.6 Å². The lowest BCUT2D eigenvalue weighted by molar-refractivity contribution is 0.174. The highest BCUT2D eigenvalue weighted by Gasteiger charge is 2.17. The normalized spacial score (nSPS) is 13.1. The van der Waals surface area contributed by atoms with Gasteiger partial charge in [0.15, 0.2) is 16.5 Å². The standard InChI is InChI=1S/C13H9ClN2O3S/c14-6-9-12(15-13-16(9)3-4-20-13)19-8-1-2-10-11(5-8)18-7-17-10/h1-5H,6-7H2. The van der Waals surface area contributed by atoms with Gasteiger partial charge in [0.05, 0.1) is 5.88 Å². The molecule has 102 valence electrons. The Kier molecular flexibility index (Phi) is 2.71. The number of rotatable bonds is 3. The van der Waals surface area contributed by atoms with E-state index < -0.39 is 0 Å². The first-order chi connectivity index (χ1) is 9.85. The Morgan fingerprint density at radius 1 is 1.35 bits per heavy atom. The minimum Gasteiger partial charge on any atom is -0.454 e. The van der Waals surface area contributed by atoms with Crippen molar-refractivity contribution in [3.63, 3.8) is 0 Å². The number of hydrogen-bond acceptors (Lipinski definition) is 5. The van der Waals surface area contributed by atoms with Crippen LogP contribution in [0.3, 0.4) is 0 Å². The molecule has 3 heterocycles. The Balaban J connectivity index is 1.71. The van der Waals surface area contributed by atoms with Crippen LogP contribution in [0.4, 0.5) is 0 Å². The molecule has 5 nitrogen and oxygen atoms in total. The van der Waals surface area contributed by atoms with Gasteiger partial charge in [0.1, 0.15) is 11.4 Å². The number of ether oxygens (including phenoxy) is 3. The summed E-state index contributed by atoms with van der Waals surface area (Å²) in [6, 6.07) is 5.42. The van der Waals surface area contributed by atoms with Crippen molar-refractivity contribution in [1.29, 1.82) is 0 Å². The maximum Gasteiger partial charge on any atom is 0.243 e. The Morgan fingerprint density at radius 2 is 2.25 bits per heavy atom. The van der Waals surface area contributed by atoms with Crippen LogP contribution in [-0.2, 0) is 5.88 Å². The molecule has 20 heavy (non-hydrogen) atoms. The zero-order valence-electron chi connectivity index (χ0n) is 10.2. The summed E-state index contributed by atoms with van der Waals surface area (Å²) in [5.74, 6) is 2.89. The van der Waals surface area contributed by atoms with Gasteiger partial charge in [-0.05, 0) is 12.1 Å². The largest absolute Gasteiger partial charge is 0.454 e. The van der Waals surface area contributed by atoms with Gasteiger partial charge >= 0.3 is 0 Å². The van der Waals surface area contributed by atoms with Crippen molar-refractivity contribution in [3.8, 4) is 23.1 Å². The molecule has 0 saturated carbocycles. The fourth-order valence-electron chi connectivity index (χ4n) is 2.07. The van der Waals surface area contributed by atoms with E-state index in [2.05, 4.69) is 4.98 Å². The van der Waals surface area contributed by atoms with Crippen molar-refractivity contribution in [2.24, 2.45) is 0 Å². The van der Waals surface area contributed by atoms with Crippen LogP contribution >= 0.6 is 22.9 Å². The fraction of sp³-hybridized carbons (Fsp3) is 0.154. The van der Waals surface area contributed by atoms with Crippen molar-refractivity contribution in [2.45, 2.75) is 5.88 Å². The third-order valence-electron chi connectivity index (χ3n) is 3.01. The van der Waals surface area contributed by atoms with Crippen LogP contribution in [-0.4, -0.2) is 16.2 Å². The quantitative estimate of drug-likeness (QED) is 0.693. The fourth-order valence-corrected chi connectivity index (χ4v) is 3.04. The number of alkyl halides is 1. The Morgan fingerprint density at radius 3 is 3.15 bits per heavy atom. The molecule has 0 saturated heterocycles. The molecule has 0 fully saturated rings. The van der Waals surface area contributed by atoms with Crippen LogP contribution in [0.25, 0.3) is 4.96 Å². The van der Waals surface area contributed by atoms with E-state index in [4.69, 9.17) is 25.8 Å². The first kappa shape index (κ1) is 11.9. The molecule has 1 aromatic carbocycles. The van der Waals surface area contributed by atoms with Crippen LogP contribution in [0.2, 0.25) is 0 Å². The summed E-state index contributed by atoms with van der Waals surface area (Å²) in [5.41, 5.74) is 0.834. The number of fused-ring (bicyclic) bond motifs is 2. The highest BCUT2D eigenvalue weighted by atomic mass is 35.5. The highest BCUT2D eigenvalue weighted by Crippen LogP contribution is 2.37. The first-order valence-electron chi connectivity index (χ1n) is 5.93. The number of benzene rings is 1. The second-order valence-electron chi connectivity index (χ2n) is 4.17. The van der Waals surface area contributed by atoms with Crippen LogP contribution in [0.1, 0.15) is 5.69 Å².